The lowest BCUT2D eigenvalue weighted by Gasteiger charge is -2.03. The van der Waals surface area contributed by atoms with Crippen molar-refractivity contribution in [2.75, 3.05) is 0 Å². The SMILES string of the molecule is Cn1cc(-c2cnc3ccc4ccc(CSNCc5cc(-c6ccccc6)no5)cc4c(=O)c3c2)cn1. The first-order chi connectivity index (χ1) is 18.1. The van der Waals surface area contributed by atoms with Crippen LogP contribution in [0.15, 0.2) is 101 Å². The summed E-state index contributed by atoms with van der Waals surface area (Å²) in [5, 5.41) is 10.6. The van der Waals surface area contributed by atoms with Gasteiger partial charge in [-0.2, -0.15) is 5.10 Å². The van der Waals surface area contributed by atoms with Crippen molar-refractivity contribution >= 4 is 33.6 Å². The van der Waals surface area contributed by atoms with Gasteiger partial charge in [0.25, 0.3) is 0 Å². The molecule has 3 aromatic carbocycles. The second kappa shape index (κ2) is 10.0. The fraction of sp³-hybridized carbons (Fsp3) is 0.103. The van der Waals surface area contributed by atoms with Crippen LogP contribution in [0.5, 0.6) is 0 Å². The third-order valence-corrected chi connectivity index (χ3v) is 7.03. The first-order valence-electron chi connectivity index (χ1n) is 11.8. The van der Waals surface area contributed by atoms with Crippen molar-refractivity contribution in [2.24, 2.45) is 7.05 Å². The molecule has 6 aromatic rings. The van der Waals surface area contributed by atoms with Crippen LogP contribution in [0.4, 0.5) is 0 Å². The van der Waals surface area contributed by atoms with E-state index < -0.39 is 0 Å². The summed E-state index contributed by atoms with van der Waals surface area (Å²) in [6, 6.07) is 23.7. The van der Waals surface area contributed by atoms with Gasteiger partial charge in [-0.1, -0.05) is 65.6 Å². The van der Waals surface area contributed by atoms with E-state index in [4.69, 9.17) is 4.52 Å². The predicted octanol–water partition coefficient (Wildman–Crippen LogP) is 5.74. The highest BCUT2D eigenvalue weighted by atomic mass is 32.2. The van der Waals surface area contributed by atoms with Gasteiger partial charge >= 0.3 is 0 Å². The van der Waals surface area contributed by atoms with Gasteiger partial charge < -0.3 is 4.52 Å². The minimum Gasteiger partial charge on any atom is -0.359 e. The molecule has 3 heterocycles. The molecule has 0 atom stereocenters. The van der Waals surface area contributed by atoms with Crippen molar-refractivity contribution in [3.63, 3.8) is 0 Å². The molecule has 0 bridgehead atoms. The van der Waals surface area contributed by atoms with E-state index in [-0.39, 0.29) is 5.43 Å². The first kappa shape index (κ1) is 23.1. The van der Waals surface area contributed by atoms with Crippen LogP contribution in [-0.2, 0) is 19.3 Å². The molecule has 0 aliphatic carbocycles. The van der Waals surface area contributed by atoms with Crippen molar-refractivity contribution in [2.45, 2.75) is 12.3 Å². The van der Waals surface area contributed by atoms with Gasteiger partial charge in [0.05, 0.1) is 18.3 Å². The summed E-state index contributed by atoms with van der Waals surface area (Å²) in [7, 11) is 1.87. The summed E-state index contributed by atoms with van der Waals surface area (Å²) < 4.78 is 10.5. The van der Waals surface area contributed by atoms with Crippen LogP contribution in [0.3, 0.4) is 0 Å². The van der Waals surface area contributed by atoms with Gasteiger partial charge in [0.15, 0.2) is 11.2 Å². The zero-order valence-electron chi connectivity index (χ0n) is 20.1. The summed E-state index contributed by atoms with van der Waals surface area (Å²) in [5.41, 5.74) is 5.35. The lowest BCUT2D eigenvalue weighted by molar-refractivity contribution is 0.384. The fourth-order valence-electron chi connectivity index (χ4n) is 4.26. The van der Waals surface area contributed by atoms with E-state index in [9.17, 15) is 4.79 Å². The largest absolute Gasteiger partial charge is 0.359 e. The van der Waals surface area contributed by atoms with Gasteiger partial charge in [-0.3, -0.25) is 19.2 Å². The minimum absolute atomic E-state index is 0.0249. The Bertz CT molecular complexity index is 1780. The molecule has 0 amide bonds. The zero-order valence-corrected chi connectivity index (χ0v) is 20.9. The summed E-state index contributed by atoms with van der Waals surface area (Å²) >= 11 is 1.56. The van der Waals surface area contributed by atoms with E-state index in [1.807, 2.05) is 80.0 Å². The Morgan fingerprint density at radius 3 is 2.62 bits per heavy atom. The van der Waals surface area contributed by atoms with Crippen molar-refractivity contribution in [1.29, 1.82) is 0 Å². The molecule has 37 heavy (non-hydrogen) atoms. The molecule has 0 spiro atoms. The summed E-state index contributed by atoms with van der Waals surface area (Å²) in [4.78, 5) is 18.1. The minimum atomic E-state index is -0.0249. The van der Waals surface area contributed by atoms with E-state index in [2.05, 4.69) is 26.0 Å². The molecular weight excluding hydrogens is 482 g/mol. The third-order valence-electron chi connectivity index (χ3n) is 6.20. The fourth-order valence-corrected chi connectivity index (χ4v) is 4.96. The normalized spacial score (nSPS) is 11.4. The molecular formula is C29H23N5O2S. The topological polar surface area (TPSA) is 85.8 Å². The van der Waals surface area contributed by atoms with Crippen molar-refractivity contribution in [3.05, 3.63) is 113 Å². The standard InChI is InChI=1S/C29H23N5O2S/c1-34-17-23(15-31-34)22-12-26-27(30-14-22)10-9-20-8-7-19(11-25(20)29(26)35)18-37-32-16-24-13-28(33-36-24)21-5-3-2-4-6-21/h2-15,17,32H,16,18H2,1H3. The molecule has 0 radical (unpaired) electrons. The molecule has 0 fully saturated rings. The number of fused-ring (bicyclic) bond motifs is 2. The van der Waals surface area contributed by atoms with E-state index in [0.29, 0.717) is 28.6 Å². The summed E-state index contributed by atoms with van der Waals surface area (Å²) in [6.07, 6.45) is 5.48. The van der Waals surface area contributed by atoms with Gasteiger partial charge in [0, 0.05) is 58.7 Å². The first-order valence-corrected chi connectivity index (χ1v) is 12.8. The smallest absolute Gasteiger partial charge is 0.195 e. The van der Waals surface area contributed by atoms with E-state index >= 15 is 0 Å². The number of aromatic nitrogens is 4. The average molecular weight is 506 g/mol. The summed E-state index contributed by atoms with van der Waals surface area (Å²) in [5.74, 6) is 1.47. The van der Waals surface area contributed by atoms with Crippen LogP contribution in [0, 0.1) is 0 Å². The monoisotopic (exact) mass is 505 g/mol. The van der Waals surface area contributed by atoms with Gasteiger partial charge in [0.2, 0.25) is 0 Å². The van der Waals surface area contributed by atoms with Gasteiger partial charge in [-0.15, -0.1) is 0 Å². The zero-order chi connectivity index (χ0) is 25.2. The Balaban J connectivity index is 1.20. The Labute approximate surface area is 217 Å². The molecule has 8 heteroatoms. The number of hydrogen-bond donors (Lipinski definition) is 1. The van der Waals surface area contributed by atoms with Crippen LogP contribution in [-0.4, -0.2) is 19.9 Å². The van der Waals surface area contributed by atoms with Crippen LogP contribution in [0.2, 0.25) is 0 Å². The Morgan fingerprint density at radius 2 is 1.78 bits per heavy atom. The highest BCUT2D eigenvalue weighted by molar-refractivity contribution is 7.96. The molecule has 1 N–H and O–H groups in total. The van der Waals surface area contributed by atoms with Crippen molar-refractivity contribution < 1.29 is 4.52 Å². The number of nitrogens with zero attached hydrogens (tertiary/aromatic N) is 4. The second-order valence-electron chi connectivity index (χ2n) is 8.80. The highest BCUT2D eigenvalue weighted by Crippen LogP contribution is 2.23. The maximum Gasteiger partial charge on any atom is 0.195 e. The predicted molar refractivity (Wildman–Crippen MR) is 148 cm³/mol. The lowest BCUT2D eigenvalue weighted by Crippen LogP contribution is -2.03. The Kier molecular flexibility index (Phi) is 6.26. The number of rotatable bonds is 7. The molecule has 0 aliphatic heterocycles. The van der Waals surface area contributed by atoms with Crippen LogP contribution >= 0.6 is 11.9 Å². The maximum absolute atomic E-state index is 13.6. The lowest BCUT2D eigenvalue weighted by atomic mass is 10.1. The quantitative estimate of drug-likeness (QED) is 0.219. The molecule has 6 rings (SSSR count). The second-order valence-corrected chi connectivity index (χ2v) is 9.66. The Hall–Kier alpha value is -4.27. The average Bonchev–Trinajstić information content (AvgIpc) is 3.56. The number of benzene rings is 2. The molecule has 3 aromatic heterocycles. The molecule has 0 unspecified atom stereocenters. The highest BCUT2D eigenvalue weighted by Gasteiger charge is 2.09. The van der Waals surface area contributed by atoms with Crippen molar-refractivity contribution in [3.8, 4) is 22.4 Å². The van der Waals surface area contributed by atoms with E-state index in [1.54, 1.807) is 29.0 Å². The van der Waals surface area contributed by atoms with Crippen molar-refractivity contribution in [1.82, 2.24) is 24.6 Å². The molecule has 182 valence electrons. The van der Waals surface area contributed by atoms with Gasteiger partial charge in [-0.25, -0.2) is 0 Å². The van der Waals surface area contributed by atoms with Crippen LogP contribution in [0.1, 0.15) is 11.3 Å². The van der Waals surface area contributed by atoms with Crippen LogP contribution in [0.25, 0.3) is 44.1 Å². The third kappa shape index (κ3) is 4.89. The van der Waals surface area contributed by atoms with Gasteiger partial charge in [-0.05, 0) is 29.1 Å². The number of nitrogens with one attached hydrogen (secondary N) is 1. The van der Waals surface area contributed by atoms with Gasteiger partial charge in [0.1, 0.15) is 5.69 Å². The Morgan fingerprint density at radius 1 is 0.919 bits per heavy atom. The van der Waals surface area contributed by atoms with E-state index in [1.165, 1.54) is 0 Å². The number of hydrogen-bond acceptors (Lipinski definition) is 7. The molecule has 0 aliphatic rings. The van der Waals surface area contributed by atoms with Crippen LogP contribution < -0.4 is 10.2 Å². The molecule has 0 saturated carbocycles. The van der Waals surface area contributed by atoms with E-state index in [0.717, 1.165) is 39.1 Å². The maximum atomic E-state index is 13.6. The molecule has 7 nitrogen and oxygen atoms in total. The summed E-state index contributed by atoms with van der Waals surface area (Å²) in [6.45, 7) is 0.549. The number of pyridine rings is 1. The number of aryl methyl sites for hydroxylation is 1. The molecule has 0 saturated heterocycles.